The van der Waals surface area contributed by atoms with Crippen molar-refractivity contribution in [3.05, 3.63) is 83.7 Å². The number of hydrogen-bond donors (Lipinski definition) is 0. The molecule has 0 N–H and O–H groups in total. The SMILES string of the molecule is CCCN(CC(=O)N(Cc1cccn1Cc1ccccc1)C1CCCCC1)C(=O)c1ccc(OC)cc1OC. The Morgan fingerprint density at radius 3 is 2.41 bits per heavy atom. The second kappa shape index (κ2) is 13.9. The molecule has 4 rings (SSSR count). The zero-order chi connectivity index (χ0) is 27.6. The van der Waals surface area contributed by atoms with Gasteiger partial charge in [0.05, 0.1) is 26.3 Å². The van der Waals surface area contributed by atoms with E-state index in [4.69, 9.17) is 9.47 Å². The number of ether oxygens (including phenoxy) is 2. The zero-order valence-electron chi connectivity index (χ0n) is 23.5. The summed E-state index contributed by atoms with van der Waals surface area (Å²) in [6.07, 6.45) is 8.29. The smallest absolute Gasteiger partial charge is 0.258 e. The molecule has 0 saturated heterocycles. The fraction of sp³-hybridized carbons (Fsp3) is 0.438. The van der Waals surface area contributed by atoms with Crippen molar-refractivity contribution in [1.29, 1.82) is 0 Å². The van der Waals surface area contributed by atoms with E-state index in [0.717, 1.165) is 44.3 Å². The molecule has 1 aromatic heterocycles. The van der Waals surface area contributed by atoms with Crippen LogP contribution in [0.2, 0.25) is 0 Å². The molecule has 0 spiro atoms. The number of methoxy groups -OCH3 is 2. The molecule has 7 nitrogen and oxygen atoms in total. The fourth-order valence-corrected chi connectivity index (χ4v) is 5.44. The topological polar surface area (TPSA) is 64.0 Å². The molecule has 2 amide bonds. The van der Waals surface area contributed by atoms with Gasteiger partial charge >= 0.3 is 0 Å². The Bertz CT molecular complexity index is 1220. The second-order valence-corrected chi connectivity index (χ2v) is 10.2. The standard InChI is InChI=1S/C32H41N3O4/c1-4-19-34(32(37)29-18-17-28(38-2)21-30(29)39-3)24-31(36)35(26-14-9-6-10-15-26)23-27-16-11-20-33(27)22-25-12-7-5-8-13-25/h5,7-8,11-13,16-18,20-21,26H,4,6,9-10,14-15,19,22-24H2,1-3H3. The molecule has 0 aliphatic heterocycles. The summed E-state index contributed by atoms with van der Waals surface area (Å²) in [5.41, 5.74) is 2.75. The zero-order valence-corrected chi connectivity index (χ0v) is 23.5. The maximum atomic E-state index is 14.0. The van der Waals surface area contributed by atoms with E-state index in [-0.39, 0.29) is 24.4 Å². The molecule has 208 valence electrons. The molecule has 3 aromatic rings. The maximum Gasteiger partial charge on any atom is 0.258 e. The van der Waals surface area contributed by atoms with Gasteiger partial charge in [0.2, 0.25) is 5.91 Å². The second-order valence-electron chi connectivity index (χ2n) is 10.2. The largest absolute Gasteiger partial charge is 0.497 e. The number of amides is 2. The van der Waals surface area contributed by atoms with Gasteiger partial charge in [-0.2, -0.15) is 0 Å². The molecule has 0 radical (unpaired) electrons. The highest BCUT2D eigenvalue weighted by Crippen LogP contribution is 2.27. The molecule has 1 aliphatic rings. The minimum Gasteiger partial charge on any atom is -0.497 e. The van der Waals surface area contributed by atoms with Gasteiger partial charge in [-0.15, -0.1) is 0 Å². The third kappa shape index (κ3) is 7.22. The quantitative estimate of drug-likeness (QED) is 0.298. The van der Waals surface area contributed by atoms with Gasteiger partial charge in [0, 0.05) is 37.1 Å². The molecule has 0 unspecified atom stereocenters. The van der Waals surface area contributed by atoms with E-state index < -0.39 is 0 Å². The lowest BCUT2D eigenvalue weighted by Crippen LogP contribution is -2.47. The third-order valence-corrected chi connectivity index (χ3v) is 7.53. The molecule has 0 bridgehead atoms. The normalized spacial score (nSPS) is 13.6. The van der Waals surface area contributed by atoms with Crippen LogP contribution < -0.4 is 9.47 Å². The van der Waals surface area contributed by atoms with Crippen LogP contribution in [0, 0.1) is 0 Å². The van der Waals surface area contributed by atoms with Gasteiger partial charge in [-0.25, -0.2) is 0 Å². The van der Waals surface area contributed by atoms with Crippen molar-refractivity contribution in [3.63, 3.8) is 0 Å². The molecule has 39 heavy (non-hydrogen) atoms. The summed E-state index contributed by atoms with van der Waals surface area (Å²) in [5.74, 6) is 0.837. The number of nitrogens with zero attached hydrogens (tertiary/aromatic N) is 3. The van der Waals surface area contributed by atoms with E-state index in [0.29, 0.717) is 30.2 Å². The van der Waals surface area contributed by atoms with Crippen molar-refractivity contribution in [1.82, 2.24) is 14.4 Å². The predicted molar refractivity (Wildman–Crippen MR) is 153 cm³/mol. The summed E-state index contributed by atoms with van der Waals surface area (Å²) < 4.78 is 13.0. The van der Waals surface area contributed by atoms with Crippen LogP contribution in [0.25, 0.3) is 0 Å². The number of rotatable bonds is 12. The average molecular weight is 532 g/mol. The van der Waals surface area contributed by atoms with Crippen LogP contribution in [-0.4, -0.2) is 59.5 Å². The van der Waals surface area contributed by atoms with Crippen molar-refractivity contribution in [3.8, 4) is 11.5 Å². The molecular formula is C32H41N3O4. The summed E-state index contributed by atoms with van der Waals surface area (Å²) >= 11 is 0. The van der Waals surface area contributed by atoms with Gasteiger partial charge in [0.25, 0.3) is 5.91 Å². The lowest BCUT2D eigenvalue weighted by atomic mass is 9.94. The Morgan fingerprint density at radius 2 is 1.72 bits per heavy atom. The van der Waals surface area contributed by atoms with Crippen molar-refractivity contribution in [2.75, 3.05) is 27.3 Å². The first-order valence-corrected chi connectivity index (χ1v) is 14.0. The molecule has 1 heterocycles. The number of benzene rings is 2. The summed E-state index contributed by atoms with van der Waals surface area (Å²) in [4.78, 5) is 31.3. The first kappa shape index (κ1) is 28.3. The lowest BCUT2D eigenvalue weighted by molar-refractivity contribution is -0.135. The lowest BCUT2D eigenvalue weighted by Gasteiger charge is -2.36. The fourth-order valence-electron chi connectivity index (χ4n) is 5.44. The van der Waals surface area contributed by atoms with Crippen molar-refractivity contribution >= 4 is 11.8 Å². The minimum absolute atomic E-state index is 0.0105. The van der Waals surface area contributed by atoms with Crippen LogP contribution in [0.15, 0.2) is 66.9 Å². The van der Waals surface area contributed by atoms with Crippen LogP contribution >= 0.6 is 0 Å². The Kier molecular flexibility index (Phi) is 10.1. The van der Waals surface area contributed by atoms with Crippen LogP contribution in [0.3, 0.4) is 0 Å². The summed E-state index contributed by atoms with van der Waals surface area (Å²) in [6, 6.07) is 19.8. The van der Waals surface area contributed by atoms with Gasteiger partial charge in [-0.3, -0.25) is 9.59 Å². The number of hydrogen-bond acceptors (Lipinski definition) is 4. The number of carbonyl (C=O) groups is 2. The Balaban J connectivity index is 1.56. The molecule has 0 atom stereocenters. The van der Waals surface area contributed by atoms with E-state index in [9.17, 15) is 9.59 Å². The average Bonchev–Trinajstić information content (AvgIpc) is 3.42. The van der Waals surface area contributed by atoms with Gasteiger partial charge in [0.1, 0.15) is 18.0 Å². The van der Waals surface area contributed by atoms with E-state index in [1.807, 2.05) is 36.1 Å². The first-order valence-electron chi connectivity index (χ1n) is 14.0. The Hall–Kier alpha value is -3.74. The van der Waals surface area contributed by atoms with E-state index in [1.165, 1.54) is 19.1 Å². The van der Waals surface area contributed by atoms with Gasteiger partial charge in [-0.1, -0.05) is 56.5 Å². The maximum absolute atomic E-state index is 14.0. The van der Waals surface area contributed by atoms with Gasteiger partial charge in [0.15, 0.2) is 0 Å². The van der Waals surface area contributed by atoms with Crippen molar-refractivity contribution in [2.45, 2.75) is 64.6 Å². The summed E-state index contributed by atoms with van der Waals surface area (Å²) in [5, 5.41) is 0. The highest BCUT2D eigenvalue weighted by molar-refractivity contribution is 5.99. The molecular weight excluding hydrogens is 490 g/mol. The number of aromatic nitrogens is 1. The van der Waals surface area contributed by atoms with Crippen molar-refractivity contribution in [2.24, 2.45) is 0 Å². The number of carbonyl (C=O) groups excluding carboxylic acids is 2. The Morgan fingerprint density at radius 1 is 0.949 bits per heavy atom. The van der Waals surface area contributed by atoms with E-state index >= 15 is 0 Å². The van der Waals surface area contributed by atoms with Gasteiger partial charge < -0.3 is 23.8 Å². The van der Waals surface area contributed by atoms with E-state index in [2.05, 4.69) is 29.0 Å². The first-order chi connectivity index (χ1) is 19.0. The minimum atomic E-state index is -0.208. The van der Waals surface area contributed by atoms with Crippen LogP contribution in [-0.2, 0) is 17.9 Å². The molecule has 1 aliphatic carbocycles. The summed E-state index contributed by atoms with van der Waals surface area (Å²) in [7, 11) is 3.12. The third-order valence-electron chi connectivity index (χ3n) is 7.53. The molecule has 1 fully saturated rings. The van der Waals surface area contributed by atoms with Crippen LogP contribution in [0.5, 0.6) is 11.5 Å². The monoisotopic (exact) mass is 531 g/mol. The van der Waals surface area contributed by atoms with Crippen LogP contribution in [0.1, 0.15) is 67.1 Å². The highest BCUT2D eigenvalue weighted by Gasteiger charge is 2.29. The van der Waals surface area contributed by atoms with Crippen molar-refractivity contribution < 1.29 is 19.1 Å². The summed E-state index contributed by atoms with van der Waals surface area (Å²) in [6.45, 7) is 3.84. The predicted octanol–water partition coefficient (Wildman–Crippen LogP) is 5.77. The van der Waals surface area contributed by atoms with Crippen LogP contribution in [0.4, 0.5) is 0 Å². The molecule has 2 aromatic carbocycles. The van der Waals surface area contributed by atoms with Gasteiger partial charge in [-0.05, 0) is 49.1 Å². The Labute approximate surface area is 232 Å². The molecule has 1 saturated carbocycles. The molecule has 7 heteroatoms. The van der Waals surface area contributed by atoms with E-state index in [1.54, 1.807) is 30.2 Å². The highest BCUT2D eigenvalue weighted by atomic mass is 16.5.